The summed E-state index contributed by atoms with van der Waals surface area (Å²) >= 11 is 0. The fraction of sp³-hybridized carbons (Fsp3) is 0.350. The van der Waals surface area contributed by atoms with Crippen LogP contribution < -0.4 is 5.32 Å². The molecule has 1 fully saturated rings. The topological polar surface area (TPSA) is 49.6 Å². The van der Waals surface area contributed by atoms with Gasteiger partial charge in [-0.25, -0.2) is 4.85 Å². The molecule has 1 saturated heterocycles. The average molecular weight is 332 g/mol. The minimum absolute atomic E-state index is 0.0818. The maximum atomic E-state index is 12.7. The van der Waals surface area contributed by atoms with E-state index in [0.29, 0.717) is 5.69 Å². The molecule has 2 aromatic rings. The lowest BCUT2D eigenvalue weighted by atomic mass is 9.73. The number of aromatic nitrogens is 1. The SMILES string of the molecule is [C-]#[N+]c1ccc2c(c1)C1(CCN(Cc3ncccc3C)CC1)C(=O)N2. The number of pyridine rings is 1. The van der Waals surface area contributed by atoms with Crippen molar-refractivity contribution < 1.29 is 4.79 Å². The second-order valence-corrected chi connectivity index (χ2v) is 6.92. The van der Waals surface area contributed by atoms with Crippen molar-refractivity contribution in [3.05, 3.63) is 64.8 Å². The Morgan fingerprint density at radius 1 is 1.32 bits per heavy atom. The zero-order chi connectivity index (χ0) is 17.4. The molecule has 0 atom stereocenters. The molecule has 0 saturated carbocycles. The van der Waals surface area contributed by atoms with Crippen LogP contribution in [0.5, 0.6) is 0 Å². The van der Waals surface area contributed by atoms with Gasteiger partial charge in [-0.05, 0) is 56.1 Å². The molecule has 126 valence electrons. The molecule has 5 nitrogen and oxygen atoms in total. The van der Waals surface area contributed by atoms with Gasteiger partial charge in [0.1, 0.15) is 0 Å². The van der Waals surface area contributed by atoms with Crippen molar-refractivity contribution in [2.45, 2.75) is 31.7 Å². The van der Waals surface area contributed by atoms with E-state index in [-0.39, 0.29) is 5.91 Å². The van der Waals surface area contributed by atoms with Crippen LogP contribution in [0.25, 0.3) is 4.85 Å². The minimum Gasteiger partial charge on any atom is -0.325 e. The monoisotopic (exact) mass is 332 g/mol. The maximum absolute atomic E-state index is 12.7. The van der Waals surface area contributed by atoms with E-state index >= 15 is 0 Å². The number of likely N-dealkylation sites (tertiary alicyclic amines) is 1. The van der Waals surface area contributed by atoms with E-state index in [1.165, 1.54) is 5.56 Å². The smallest absolute Gasteiger partial charge is 0.235 e. The zero-order valence-electron chi connectivity index (χ0n) is 14.2. The molecule has 3 heterocycles. The third-order valence-electron chi connectivity index (χ3n) is 5.53. The van der Waals surface area contributed by atoms with E-state index in [4.69, 9.17) is 6.57 Å². The van der Waals surface area contributed by atoms with E-state index in [9.17, 15) is 4.79 Å². The molecule has 1 spiro atoms. The number of nitrogens with zero attached hydrogens (tertiary/aromatic N) is 3. The Balaban J connectivity index is 1.55. The van der Waals surface area contributed by atoms with Gasteiger partial charge in [-0.3, -0.25) is 14.7 Å². The fourth-order valence-electron chi connectivity index (χ4n) is 3.96. The van der Waals surface area contributed by atoms with Gasteiger partial charge in [0.2, 0.25) is 5.91 Å². The Kier molecular flexibility index (Phi) is 3.78. The highest BCUT2D eigenvalue weighted by molar-refractivity contribution is 6.06. The Labute approximate surface area is 147 Å². The molecule has 25 heavy (non-hydrogen) atoms. The van der Waals surface area contributed by atoms with Gasteiger partial charge < -0.3 is 5.32 Å². The van der Waals surface area contributed by atoms with Gasteiger partial charge in [-0.15, -0.1) is 0 Å². The van der Waals surface area contributed by atoms with Gasteiger partial charge in [0, 0.05) is 18.4 Å². The van der Waals surface area contributed by atoms with Crippen LogP contribution >= 0.6 is 0 Å². The summed E-state index contributed by atoms with van der Waals surface area (Å²) in [7, 11) is 0. The first-order chi connectivity index (χ1) is 12.1. The van der Waals surface area contributed by atoms with Crippen molar-refractivity contribution >= 4 is 17.3 Å². The third kappa shape index (κ3) is 2.59. The van der Waals surface area contributed by atoms with Crippen molar-refractivity contribution in [2.24, 2.45) is 0 Å². The Bertz CT molecular complexity index is 876. The molecule has 0 aliphatic carbocycles. The predicted molar refractivity (Wildman–Crippen MR) is 96.5 cm³/mol. The molecule has 0 bridgehead atoms. The first-order valence-electron chi connectivity index (χ1n) is 8.59. The second kappa shape index (κ2) is 5.98. The molecular weight excluding hydrogens is 312 g/mol. The molecule has 1 amide bonds. The number of aryl methyl sites for hydroxylation is 1. The Morgan fingerprint density at radius 3 is 2.84 bits per heavy atom. The van der Waals surface area contributed by atoms with Crippen LogP contribution in [0.2, 0.25) is 0 Å². The van der Waals surface area contributed by atoms with E-state index in [1.807, 2.05) is 24.4 Å². The van der Waals surface area contributed by atoms with Gasteiger partial charge in [0.15, 0.2) is 5.69 Å². The van der Waals surface area contributed by atoms with Gasteiger partial charge in [0.05, 0.1) is 17.7 Å². The summed E-state index contributed by atoms with van der Waals surface area (Å²) in [4.78, 5) is 23.1. The van der Waals surface area contributed by atoms with Crippen LogP contribution in [0.15, 0.2) is 36.5 Å². The number of hydrogen-bond donors (Lipinski definition) is 1. The van der Waals surface area contributed by atoms with Gasteiger partial charge >= 0.3 is 0 Å². The number of nitrogens with one attached hydrogen (secondary N) is 1. The van der Waals surface area contributed by atoms with Gasteiger partial charge in [-0.1, -0.05) is 18.2 Å². The van der Waals surface area contributed by atoms with Crippen molar-refractivity contribution in [3.63, 3.8) is 0 Å². The first kappa shape index (κ1) is 15.8. The molecule has 2 aliphatic heterocycles. The number of benzene rings is 1. The fourth-order valence-corrected chi connectivity index (χ4v) is 3.96. The number of anilines is 1. The highest BCUT2D eigenvalue weighted by Crippen LogP contribution is 2.46. The van der Waals surface area contributed by atoms with E-state index in [1.54, 1.807) is 6.07 Å². The first-order valence-corrected chi connectivity index (χ1v) is 8.59. The van der Waals surface area contributed by atoms with Crippen LogP contribution in [0.4, 0.5) is 11.4 Å². The Hall–Kier alpha value is -2.71. The second-order valence-electron chi connectivity index (χ2n) is 6.92. The lowest BCUT2D eigenvalue weighted by molar-refractivity contribution is -0.122. The van der Waals surface area contributed by atoms with Gasteiger partial charge in [0.25, 0.3) is 0 Å². The molecule has 0 unspecified atom stereocenters. The van der Waals surface area contributed by atoms with Crippen molar-refractivity contribution in [1.29, 1.82) is 0 Å². The number of carbonyl (C=O) groups is 1. The van der Waals surface area contributed by atoms with Gasteiger partial charge in [-0.2, -0.15) is 0 Å². The summed E-state index contributed by atoms with van der Waals surface area (Å²) in [5.41, 5.74) is 4.29. The summed E-state index contributed by atoms with van der Waals surface area (Å²) in [5.74, 6) is 0.0818. The molecular formula is C20H20N4O. The number of amides is 1. The minimum atomic E-state index is -0.480. The van der Waals surface area contributed by atoms with E-state index < -0.39 is 5.41 Å². The van der Waals surface area contributed by atoms with Crippen molar-refractivity contribution in [1.82, 2.24) is 9.88 Å². The number of piperidine rings is 1. The van der Waals surface area contributed by atoms with Crippen LogP contribution in [0.3, 0.4) is 0 Å². The summed E-state index contributed by atoms with van der Waals surface area (Å²) in [6.45, 7) is 11.8. The molecule has 1 N–H and O–H groups in total. The molecule has 1 aromatic heterocycles. The molecule has 2 aliphatic rings. The summed E-state index contributed by atoms with van der Waals surface area (Å²) < 4.78 is 0. The lowest BCUT2D eigenvalue weighted by Crippen LogP contribution is -2.46. The van der Waals surface area contributed by atoms with Crippen LogP contribution in [-0.2, 0) is 16.8 Å². The number of rotatable bonds is 2. The molecule has 4 rings (SSSR count). The number of hydrogen-bond acceptors (Lipinski definition) is 3. The highest BCUT2D eigenvalue weighted by atomic mass is 16.2. The lowest BCUT2D eigenvalue weighted by Gasteiger charge is -2.38. The van der Waals surface area contributed by atoms with Crippen molar-refractivity contribution in [2.75, 3.05) is 18.4 Å². The highest BCUT2D eigenvalue weighted by Gasteiger charge is 2.48. The average Bonchev–Trinajstić information content (AvgIpc) is 2.90. The quantitative estimate of drug-likeness (QED) is 0.857. The molecule has 1 aromatic carbocycles. The van der Waals surface area contributed by atoms with E-state index in [0.717, 1.165) is 49.4 Å². The van der Waals surface area contributed by atoms with Crippen LogP contribution in [0.1, 0.15) is 29.7 Å². The third-order valence-corrected chi connectivity index (χ3v) is 5.53. The predicted octanol–water partition coefficient (Wildman–Crippen LogP) is 3.43. The summed E-state index contributed by atoms with van der Waals surface area (Å²) in [5, 5.41) is 3.01. The van der Waals surface area contributed by atoms with Crippen LogP contribution in [0, 0.1) is 13.5 Å². The van der Waals surface area contributed by atoms with E-state index in [2.05, 4.69) is 33.0 Å². The number of carbonyl (C=O) groups excluding carboxylic acids is 1. The number of fused-ring (bicyclic) bond motifs is 2. The summed E-state index contributed by atoms with van der Waals surface area (Å²) in [6, 6.07) is 9.56. The van der Waals surface area contributed by atoms with Crippen LogP contribution in [-0.4, -0.2) is 28.9 Å². The molecule has 0 radical (unpaired) electrons. The maximum Gasteiger partial charge on any atom is 0.235 e. The normalized spacial score (nSPS) is 18.6. The molecule has 5 heteroatoms. The summed E-state index contributed by atoms with van der Waals surface area (Å²) in [6.07, 6.45) is 3.39. The van der Waals surface area contributed by atoms with Crippen molar-refractivity contribution in [3.8, 4) is 0 Å². The standard InChI is InChI=1S/C20H20N4O/c1-14-4-3-9-22-18(14)13-24-10-7-20(8-11-24)16-12-15(21-2)5-6-17(16)23-19(20)25/h3-6,9,12H,7-8,10-11,13H2,1H3,(H,23,25). The zero-order valence-corrected chi connectivity index (χ0v) is 14.2. The Morgan fingerprint density at radius 2 is 2.12 bits per heavy atom. The largest absolute Gasteiger partial charge is 0.325 e.